The quantitative estimate of drug-likeness (QED) is 0.0189. The average Bonchev–Trinajstić information content (AvgIpc) is 3.32. The van der Waals surface area contributed by atoms with Gasteiger partial charge in [0.25, 0.3) is 0 Å². The van der Waals surface area contributed by atoms with Gasteiger partial charge >= 0.3 is 5.97 Å². The lowest BCUT2D eigenvalue weighted by atomic mass is 9.98. The fourth-order valence-electron chi connectivity index (χ4n) is 7.13. The molecular formula is C53H86O14. The maximum atomic E-state index is 13.0. The van der Waals surface area contributed by atoms with Gasteiger partial charge in [-0.1, -0.05) is 143 Å². The van der Waals surface area contributed by atoms with Gasteiger partial charge in [0.1, 0.15) is 54.9 Å². The van der Waals surface area contributed by atoms with Crippen molar-refractivity contribution >= 4 is 5.97 Å². The standard InChI is InChI=1S/C53H86O14/c1-3-5-7-9-11-13-15-17-19-21-22-24-26-28-30-32-34-36-45(55)65-42(39-62-37-35-33-31-29-27-25-23-20-18-16-14-12-10-8-6-4-2)40-63-52-51(61)49(59)47(57)44(67-52)41-64-53-50(60)48(58)46(56)43(38-54)66-53/h5-8,11-14,17-20,25,27,31,33,42-44,46-54,56-61H,3-4,9-10,15-16,21-24,26,28-30,32,34-41H2,1-2H3/b7-5-,8-6-,13-11-,14-12-,19-17-,20-18-,27-25-,33-31-. The van der Waals surface area contributed by atoms with Gasteiger partial charge in [-0.15, -0.1) is 0 Å². The number of unbranched alkanes of at least 4 members (excludes halogenated alkanes) is 7. The van der Waals surface area contributed by atoms with Crippen molar-refractivity contribution in [1.82, 2.24) is 0 Å². The molecule has 0 amide bonds. The third-order valence-electron chi connectivity index (χ3n) is 11.1. The largest absolute Gasteiger partial charge is 0.457 e. The maximum absolute atomic E-state index is 13.0. The highest BCUT2D eigenvalue weighted by atomic mass is 16.7. The van der Waals surface area contributed by atoms with Gasteiger partial charge in [0.15, 0.2) is 12.6 Å². The van der Waals surface area contributed by atoms with E-state index in [9.17, 15) is 40.5 Å². The predicted octanol–water partition coefficient (Wildman–Crippen LogP) is 7.07. The van der Waals surface area contributed by atoms with Gasteiger partial charge < -0.3 is 64.2 Å². The zero-order valence-electron chi connectivity index (χ0n) is 40.3. The number of rotatable bonds is 37. The van der Waals surface area contributed by atoms with E-state index in [2.05, 4.69) is 105 Å². The Morgan fingerprint density at radius 2 is 0.925 bits per heavy atom. The van der Waals surface area contributed by atoms with Gasteiger partial charge in [0.05, 0.1) is 33.0 Å². The predicted molar refractivity (Wildman–Crippen MR) is 261 cm³/mol. The van der Waals surface area contributed by atoms with Gasteiger partial charge in [0.2, 0.25) is 0 Å². The van der Waals surface area contributed by atoms with E-state index in [4.69, 9.17) is 28.4 Å². The Bertz CT molecular complexity index is 1470. The van der Waals surface area contributed by atoms with E-state index >= 15 is 0 Å². The molecule has 11 unspecified atom stereocenters. The summed E-state index contributed by atoms with van der Waals surface area (Å²) in [4.78, 5) is 13.0. The van der Waals surface area contributed by atoms with Crippen LogP contribution in [-0.2, 0) is 33.2 Å². The molecule has 2 saturated heterocycles. The van der Waals surface area contributed by atoms with Gasteiger partial charge in [-0.05, 0) is 77.0 Å². The van der Waals surface area contributed by atoms with Crippen molar-refractivity contribution < 1.29 is 69.0 Å². The first-order valence-corrected chi connectivity index (χ1v) is 24.8. The minimum Gasteiger partial charge on any atom is -0.457 e. The Morgan fingerprint density at radius 1 is 0.493 bits per heavy atom. The fourth-order valence-corrected chi connectivity index (χ4v) is 7.13. The van der Waals surface area contributed by atoms with Gasteiger partial charge in [-0.25, -0.2) is 0 Å². The SMILES string of the molecule is CC/C=C\C/C=C\C/C=C\C/C=C\C/C=C\CCOCC(COC1OC(COC2OC(CO)C(O)C(O)C2O)C(O)C(O)C1O)OC(=O)CCCCCCCCC/C=C\C/C=C\C/C=C\CC. The number of carbonyl (C=O) groups excluding carboxylic acids is 1. The second-order valence-electron chi connectivity index (χ2n) is 16.9. The van der Waals surface area contributed by atoms with Crippen LogP contribution in [0, 0.1) is 0 Å². The minimum absolute atomic E-state index is 0.00335. The summed E-state index contributed by atoms with van der Waals surface area (Å²) in [7, 11) is 0. The summed E-state index contributed by atoms with van der Waals surface area (Å²) in [6, 6.07) is 0. The number of aliphatic hydroxyl groups is 7. The number of ether oxygens (including phenoxy) is 6. The molecule has 0 saturated carbocycles. The van der Waals surface area contributed by atoms with Crippen molar-refractivity contribution in [2.24, 2.45) is 0 Å². The highest BCUT2D eigenvalue weighted by Crippen LogP contribution is 2.26. The van der Waals surface area contributed by atoms with Gasteiger partial charge in [0, 0.05) is 6.42 Å². The summed E-state index contributed by atoms with van der Waals surface area (Å²) in [6.45, 7) is 3.19. The van der Waals surface area contributed by atoms with Crippen LogP contribution in [0.2, 0.25) is 0 Å². The van der Waals surface area contributed by atoms with E-state index in [0.29, 0.717) is 19.4 Å². The molecule has 0 spiro atoms. The van der Waals surface area contributed by atoms with Crippen molar-refractivity contribution in [3.05, 3.63) is 97.2 Å². The Labute approximate surface area is 401 Å². The van der Waals surface area contributed by atoms with E-state index in [0.717, 1.165) is 83.5 Å². The smallest absolute Gasteiger partial charge is 0.306 e. The van der Waals surface area contributed by atoms with Crippen molar-refractivity contribution in [2.45, 2.75) is 197 Å². The molecule has 67 heavy (non-hydrogen) atoms. The molecule has 11 atom stereocenters. The average molecular weight is 947 g/mol. The summed E-state index contributed by atoms with van der Waals surface area (Å²) < 4.78 is 34.1. The highest BCUT2D eigenvalue weighted by Gasteiger charge is 2.47. The molecule has 7 N–H and O–H groups in total. The second kappa shape index (κ2) is 39.7. The third-order valence-corrected chi connectivity index (χ3v) is 11.1. The topological polar surface area (TPSA) is 214 Å². The summed E-state index contributed by atoms with van der Waals surface area (Å²) in [5.41, 5.74) is 0. The van der Waals surface area contributed by atoms with E-state index in [1.165, 1.54) is 12.8 Å². The van der Waals surface area contributed by atoms with Crippen LogP contribution in [0.25, 0.3) is 0 Å². The number of hydrogen-bond donors (Lipinski definition) is 7. The molecule has 2 aliphatic rings. The van der Waals surface area contributed by atoms with Crippen LogP contribution in [0.1, 0.15) is 129 Å². The number of allylic oxidation sites excluding steroid dienone is 15. The Morgan fingerprint density at radius 3 is 1.45 bits per heavy atom. The normalized spacial score (nSPS) is 26.9. The Hall–Kier alpha value is -3.09. The first-order chi connectivity index (χ1) is 32.6. The van der Waals surface area contributed by atoms with E-state index < -0.39 is 86.7 Å². The molecule has 0 bridgehead atoms. The van der Waals surface area contributed by atoms with Crippen LogP contribution in [0.15, 0.2) is 97.2 Å². The second-order valence-corrected chi connectivity index (χ2v) is 16.9. The van der Waals surface area contributed by atoms with Crippen molar-refractivity contribution in [3.8, 4) is 0 Å². The Balaban J connectivity index is 1.82. The molecule has 0 radical (unpaired) electrons. The molecule has 14 heteroatoms. The van der Waals surface area contributed by atoms with Crippen LogP contribution in [-0.4, -0.2) is 142 Å². The van der Waals surface area contributed by atoms with Crippen molar-refractivity contribution in [2.75, 3.05) is 33.0 Å². The fraction of sp³-hybridized carbons (Fsp3) is 0.679. The lowest BCUT2D eigenvalue weighted by Gasteiger charge is -2.42. The van der Waals surface area contributed by atoms with Gasteiger partial charge in [-0.2, -0.15) is 0 Å². The van der Waals surface area contributed by atoms with Crippen LogP contribution in [0.4, 0.5) is 0 Å². The number of esters is 1. The summed E-state index contributed by atoms with van der Waals surface area (Å²) >= 11 is 0. The highest BCUT2D eigenvalue weighted by molar-refractivity contribution is 5.69. The van der Waals surface area contributed by atoms with Crippen LogP contribution >= 0.6 is 0 Å². The lowest BCUT2D eigenvalue weighted by molar-refractivity contribution is -0.332. The van der Waals surface area contributed by atoms with Gasteiger partial charge in [-0.3, -0.25) is 4.79 Å². The molecule has 2 rings (SSSR count). The summed E-state index contributed by atoms with van der Waals surface area (Å²) in [5.74, 6) is -0.416. The molecule has 0 aromatic rings. The van der Waals surface area contributed by atoms with Crippen LogP contribution < -0.4 is 0 Å². The summed E-state index contributed by atoms with van der Waals surface area (Å²) in [5, 5.41) is 72.1. The molecule has 2 fully saturated rings. The first-order valence-electron chi connectivity index (χ1n) is 24.8. The molecule has 0 aromatic carbocycles. The van der Waals surface area contributed by atoms with Crippen LogP contribution in [0.3, 0.4) is 0 Å². The molecule has 2 heterocycles. The molecule has 14 nitrogen and oxygen atoms in total. The third kappa shape index (κ3) is 27.6. The zero-order valence-corrected chi connectivity index (χ0v) is 40.3. The van der Waals surface area contributed by atoms with Crippen molar-refractivity contribution in [1.29, 1.82) is 0 Å². The molecule has 0 aromatic heterocycles. The molecule has 382 valence electrons. The Kier molecular flexibility index (Phi) is 35.6. The number of aliphatic hydroxyl groups excluding tert-OH is 7. The molecule has 0 aliphatic carbocycles. The van der Waals surface area contributed by atoms with E-state index in [1.807, 2.05) is 6.08 Å². The van der Waals surface area contributed by atoms with E-state index in [1.54, 1.807) is 0 Å². The molecular weight excluding hydrogens is 861 g/mol. The monoisotopic (exact) mass is 947 g/mol. The zero-order chi connectivity index (χ0) is 48.7. The number of hydrogen-bond acceptors (Lipinski definition) is 14. The lowest BCUT2D eigenvalue weighted by Crippen LogP contribution is -2.61. The van der Waals surface area contributed by atoms with Crippen LogP contribution in [0.5, 0.6) is 0 Å². The minimum atomic E-state index is -1.73. The van der Waals surface area contributed by atoms with E-state index in [-0.39, 0.29) is 19.6 Å². The molecule has 2 aliphatic heterocycles. The van der Waals surface area contributed by atoms with Crippen molar-refractivity contribution in [3.63, 3.8) is 0 Å². The maximum Gasteiger partial charge on any atom is 0.306 e. The summed E-state index contributed by atoms with van der Waals surface area (Å²) in [6.07, 6.45) is 34.9. The number of carbonyl (C=O) groups is 1. The first kappa shape index (κ1) is 60.0.